The molecule has 0 saturated heterocycles. The van der Waals surface area contributed by atoms with Crippen molar-refractivity contribution in [3.63, 3.8) is 0 Å². The number of methoxy groups -OCH3 is 1. The van der Waals surface area contributed by atoms with Gasteiger partial charge in [0, 0.05) is 19.5 Å². The van der Waals surface area contributed by atoms with E-state index in [-0.39, 0.29) is 0 Å². The van der Waals surface area contributed by atoms with Gasteiger partial charge in [0.05, 0.1) is 19.8 Å². The van der Waals surface area contributed by atoms with Crippen molar-refractivity contribution in [2.75, 3.05) is 52.4 Å². The van der Waals surface area contributed by atoms with Gasteiger partial charge in [-0.3, -0.25) is 0 Å². The van der Waals surface area contributed by atoms with Crippen molar-refractivity contribution in [3.05, 3.63) is 0 Å². The van der Waals surface area contributed by atoms with Gasteiger partial charge in [0.2, 0.25) is 0 Å². The molecule has 0 aliphatic carbocycles. The van der Waals surface area contributed by atoms with Crippen molar-refractivity contribution in [3.8, 4) is 0 Å². The number of nitrogens with zero attached hydrogens (tertiary/aromatic N) is 1. The lowest BCUT2D eigenvalue weighted by Gasteiger charge is -2.19. The highest BCUT2D eigenvalue weighted by Gasteiger charge is 2.00. The van der Waals surface area contributed by atoms with Crippen molar-refractivity contribution >= 4 is 11.6 Å². The maximum atomic E-state index is 5.63. The fraction of sp³-hybridized carbons (Fsp3) is 1.00. The maximum Gasteiger partial charge on any atom is 0.0700 e. The monoisotopic (exact) mass is 223 g/mol. The van der Waals surface area contributed by atoms with Crippen molar-refractivity contribution in [1.82, 2.24) is 4.90 Å². The first kappa shape index (κ1) is 14.2. The van der Waals surface area contributed by atoms with Crippen LogP contribution >= 0.6 is 11.6 Å². The third-order valence-electron chi connectivity index (χ3n) is 2.04. The van der Waals surface area contributed by atoms with E-state index in [1.54, 1.807) is 7.11 Å². The Morgan fingerprint density at radius 1 is 1.14 bits per heavy atom. The Morgan fingerprint density at radius 2 is 1.93 bits per heavy atom. The van der Waals surface area contributed by atoms with Crippen LogP contribution in [0.15, 0.2) is 0 Å². The lowest BCUT2D eigenvalue weighted by atomic mass is 10.4. The molecular weight excluding hydrogens is 202 g/mol. The second kappa shape index (κ2) is 11.2. The highest BCUT2D eigenvalue weighted by atomic mass is 35.5. The molecule has 0 spiro atoms. The summed E-state index contributed by atoms with van der Waals surface area (Å²) in [6.45, 7) is 7.40. The molecule has 0 N–H and O–H groups in total. The Balaban J connectivity index is 3.24. The van der Waals surface area contributed by atoms with E-state index in [9.17, 15) is 0 Å². The van der Waals surface area contributed by atoms with E-state index in [1.165, 1.54) is 0 Å². The molecule has 0 heterocycles. The molecule has 0 aliphatic rings. The van der Waals surface area contributed by atoms with Gasteiger partial charge >= 0.3 is 0 Å². The number of hydrogen-bond donors (Lipinski definition) is 0. The maximum absolute atomic E-state index is 5.63. The van der Waals surface area contributed by atoms with Crippen molar-refractivity contribution in [2.24, 2.45) is 0 Å². The molecule has 0 aromatic rings. The van der Waals surface area contributed by atoms with Crippen LogP contribution in [0.25, 0.3) is 0 Å². The minimum Gasteiger partial charge on any atom is -0.382 e. The molecule has 0 aromatic carbocycles. The van der Waals surface area contributed by atoms with Crippen LogP contribution in [0.3, 0.4) is 0 Å². The summed E-state index contributed by atoms with van der Waals surface area (Å²) in [5, 5.41) is 0. The first-order valence-corrected chi connectivity index (χ1v) is 5.73. The normalized spacial score (nSPS) is 11.1. The largest absolute Gasteiger partial charge is 0.382 e. The molecule has 0 aliphatic heterocycles. The number of ether oxygens (including phenoxy) is 2. The molecule has 0 radical (unpaired) electrons. The predicted molar refractivity (Wildman–Crippen MR) is 60.1 cm³/mol. The summed E-state index contributed by atoms with van der Waals surface area (Å²) in [6, 6.07) is 0. The van der Waals surface area contributed by atoms with E-state index >= 15 is 0 Å². The molecule has 86 valence electrons. The molecule has 0 amide bonds. The van der Waals surface area contributed by atoms with E-state index in [0.717, 1.165) is 38.5 Å². The Bertz CT molecular complexity index is 114. The fourth-order valence-corrected chi connectivity index (χ4v) is 1.27. The minimum atomic E-state index is 0.674. The Labute approximate surface area is 92.3 Å². The van der Waals surface area contributed by atoms with Gasteiger partial charge in [-0.1, -0.05) is 6.92 Å². The van der Waals surface area contributed by atoms with E-state index in [0.29, 0.717) is 13.2 Å². The van der Waals surface area contributed by atoms with Crippen molar-refractivity contribution in [1.29, 1.82) is 0 Å². The van der Waals surface area contributed by atoms with Gasteiger partial charge in [-0.05, 0) is 19.5 Å². The predicted octanol–water partition coefficient (Wildman–Crippen LogP) is 1.60. The van der Waals surface area contributed by atoms with Crippen LogP contribution in [0.1, 0.15) is 13.3 Å². The summed E-state index contributed by atoms with van der Waals surface area (Å²) in [7, 11) is 1.68. The van der Waals surface area contributed by atoms with Gasteiger partial charge < -0.3 is 14.4 Å². The lowest BCUT2D eigenvalue weighted by Crippen LogP contribution is -2.29. The first-order chi connectivity index (χ1) is 6.85. The van der Waals surface area contributed by atoms with Gasteiger partial charge in [-0.25, -0.2) is 0 Å². The number of hydrogen-bond acceptors (Lipinski definition) is 3. The SMILES string of the molecule is CCN(CCCCl)CCOCCOC. The summed E-state index contributed by atoms with van der Waals surface area (Å²) in [5.74, 6) is 0.737. The molecule has 3 nitrogen and oxygen atoms in total. The molecule has 14 heavy (non-hydrogen) atoms. The first-order valence-electron chi connectivity index (χ1n) is 5.20. The smallest absolute Gasteiger partial charge is 0.0700 e. The van der Waals surface area contributed by atoms with E-state index < -0.39 is 0 Å². The molecular formula is C10H22ClNO2. The highest BCUT2D eigenvalue weighted by molar-refractivity contribution is 6.17. The van der Waals surface area contributed by atoms with Gasteiger partial charge in [-0.2, -0.15) is 0 Å². The Hall–Kier alpha value is 0.170. The summed E-state index contributed by atoms with van der Waals surface area (Å²) < 4.78 is 10.3. The zero-order valence-corrected chi connectivity index (χ0v) is 10.1. The van der Waals surface area contributed by atoms with Crippen LogP contribution in [0, 0.1) is 0 Å². The van der Waals surface area contributed by atoms with Gasteiger partial charge in [-0.15, -0.1) is 11.6 Å². The van der Waals surface area contributed by atoms with Gasteiger partial charge in [0.25, 0.3) is 0 Å². The Kier molecular flexibility index (Phi) is 11.4. The summed E-state index contributed by atoms with van der Waals surface area (Å²) in [5.41, 5.74) is 0. The third-order valence-corrected chi connectivity index (χ3v) is 2.31. The van der Waals surface area contributed by atoms with E-state index in [2.05, 4.69) is 11.8 Å². The highest BCUT2D eigenvalue weighted by Crippen LogP contribution is 1.93. The second-order valence-electron chi connectivity index (χ2n) is 3.08. The van der Waals surface area contributed by atoms with Crippen LogP contribution in [0.2, 0.25) is 0 Å². The van der Waals surface area contributed by atoms with Crippen LogP contribution in [-0.2, 0) is 9.47 Å². The number of alkyl halides is 1. The molecule has 0 unspecified atom stereocenters. The van der Waals surface area contributed by atoms with E-state index in [4.69, 9.17) is 21.1 Å². The average Bonchev–Trinajstić information content (AvgIpc) is 2.22. The zero-order valence-electron chi connectivity index (χ0n) is 9.30. The van der Waals surface area contributed by atoms with Crippen molar-refractivity contribution < 1.29 is 9.47 Å². The summed E-state index contributed by atoms with van der Waals surface area (Å²) in [4.78, 5) is 2.34. The number of halogens is 1. The average molecular weight is 224 g/mol. The van der Waals surface area contributed by atoms with Gasteiger partial charge in [0.15, 0.2) is 0 Å². The standard InChI is InChI=1S/C10H22ClNO2/c1-3-12(6-4-5-11)7-8-14-10-9-13-2/h3-10H2,1-2H3. The van der Waals surface area contributed by atoms with Crippen LogP contribution in [0.4, 0.5) is 0 Å². The number of likely N-dealkylation sites (N-methyl/N-ethyl adjacent to an activating group) is 1. The Morgan fingerprint density at radius 3 is 2.50 bits per heavy atom. The molecule has 0 rings (SSSR count). The fourth-order valence-electron chi connectivity index (χ4n) is 1.15. The lowest BCUT2D eigenvalue weighted by molar-refractivity contribution is 0.0579. The quantitative estimate of drug-likeness (QED) is 0.415. The van der Waals surface area contributed by atoms with Crippen molar-refractivity contribution in [2.45, 2.75) is 13.3 Å². The van der Waals surface area contributed by atoms with E-state index in [1.807, 2.05) is 0 Å². The summed E-state index contributed by atoms with van der Waals surface area (Å²) in [6.07, 6.45) is 1.05. The number of rotatable bonds is 10. The van der Waals surface area contributed by atoms with Crippen LogP contribution in [-0.4, -0.2) is 57.3 Å². The topological polar surface area (TPSA) is 21.7 Å². The molecule has 0 saturated carbocycles. The van der Waals surface area contributed by atoms with Crippen LogP contribution in [0.5, 0.6) is 0 Å². The van der Waals surface area contributed by atoms with Gasteiger partial charge in [0.1, 0.15) is 0 Å². The van der Waals surface area contributed by atoms with Crippen LogP contribution < -0.4 is 0 Å². The second-order valence-corrected chi connectivity index (χ2v) is 3.46. The summed E-state index contributed by atoms with van der Waals surface area (Å²) >= 11 is 5.63. The minimum absolute atomic E-state index is 0.674. The third kappa shape index (κ3) is 8.75. The molecule has 0 fully saturated rings. The molecule has 0 atom stereocenters. The zero-order chi connectivity index (χ0) is 10.6. The molecule has 4 heteroatoms. The molecule has 0 aromatic heterocycles. The molecule has 0 bridgehead atoms.